The molecule has 0 bridgehead atoms. The number of halogens is 1. The van der Waals surface area contributed by atoms with E-state index in [1.807, 2.05) is 48.7 Å². The van der Waals surface area contributed by atoms with Crippen LogP contribution in [0, 0.1) is 0 Å². The number of hydrogen-bond donors (Lipinski definition) is 3. The Kier molecular flexibility index (Phi) is 5.93. The van der Waals surface area contributed by atoms with E-state index < -0.39 is 20.7 Å². The first-order valence-electron chi connectivity index (χ1n) is 12.1. The maximum Gasteiger partial charge on any atom is 0.228 e. The van der Waals surface area contributed by atoms with Crippen LogP contribution >= 0.6 is 20.7 Å². The lowest BCUT2D eigenvalue weighted by molar-refractivity contribution is -0.115. The minimum absolute atomic E-state index is 0.0763. The molecule has 1 aromatic carbocycles. The van der Waals surface area contributed by atoms with Gasteiger partial charge in [0, 0.05) is 37.8 Å². The van der Waals surface area contributed by atoms with Crippen LogP contribution < -0.4 is 15.9 Å². The molecule has 7 rings (SSSR count). The fourth-order valence-corrected chi connectivity index (χ4v) is 6.76. The second kappa shape index (κ2) is 9.87. The number of aromatic amines is 2. The van der Waals surface area contributed by atoms with Crippen molar-refractivity contribution in [3.63, 3.8) is 0 Å². The van der Waals surface area contributed by atoms with Crippen molar-refractivity contribution in [3.05, 3.63) is 101 Å². The first-order chi connectivity index (χ1) is 19.2. The van der Waals surface area contributed by atoms with Crippen molar-refractivity contribution in [2.24, 2.45) is 0 Å². The summed E-state index contributed by atoms with van der Waals surface area (Å²) in [7, 11) is 0. The first-order valence-corrected chi connectivity index (χ1v) is 14.5. The van der Waals surface area contributed by atoms with Gasteiger partial charge in [-0.25, -0.2) is 4.98 Å². The van der Waals surface area contributed by atoms with Gasteiger partial charge >= 0.3 is 0 Å². The number of rotatable bonds is 6. The molecule has 0 saturated heterocycles. The Morgan fingerprint density at radius 1 is 1.03 bits per heavy atom. The molecule has 0 unspecified atom stereocenters. The number of furan rings is 1. The van der Waals surface area contributed by atoms with E-state index in [0.717, 1.165) is 49.5 Å². The van der Waals surface area contributed by atoms with Gasteiger partial charge in [0.1, 0.15) is 11.2 Å². The summed E-state index contributed by atoms with van der Waals surface area (Å²) in [5, 5.41) is 12.7. The highest BCUT2D eigenvalue weighted by molar-refractivity contribution is 14.2. The van der Waals surface area contributed by atoms with Crippen LogP contribution in [0.4, 0.5) is 5.69 Å². The van der Waals surface area contributed by atoms with E-state index in [1.165, 1.54) is 3.51 Å². The van der Waals surface area contributed by atoms with Gasteiger partial charge in [-0.15, -0.1) is 0 Å². The number of imidazole rings is 1. The number of pyridine rings is 2. The summed E-state index contributed by atoms with van der Waals surface area (Å²) in [6.07, 6.45) is 12.8. The van der Waals surface area contributed by atoms with Crippen LogP contribution in [0.25, 0.3) is 43.8 Å². The lowest BCUT2D eigenvalue weighted by Gasteiger charge is -2.08. The minimum atomic E-state index is -0.439. The lowest BCUT2D eigenvalue weighted by Crippen LogP contribution is -2.26. The average Bonchev–Trinajstić information content (AvgIpc) is 3.73. The number of aromatic nitrogens is 6. The zero-order valence-electron chi connectivity index (χ0n) is 20.4. The SMILES string of the molecule is O=C(Cc1ccccc1)Nc1cncc(C2=IC=c3[nH]nc(-c4nc5c(-c6ccoc6)cncc5[nH]4)c3=C2)c1. The molecular weight excluding hydrogens is 605 g/mol. The van der Waals surface area contributed by atoms with Crippen molar-refractivity contribution < 1.29 is 9.21 Å². The molecule has 6 aromatic rings. The summed E-state index contributed by atoms with van der Waals surface area (Å²) in [5.74, 6) is 0.581. The molecule has 10 heteroatoms. The molecule has 5 aromatic heterocycles. The van der Waals surface area contributed by atoms with E-state index in [4.69, 9.17) is 9.40 Å². The molecule has 9 nitrogen and oxygen atoms in total. The number of H-pyrrole nitrogens is 2. The van der Waals surface area contributed by atoms with Gasteiger partial charge in [-0.3, -0.25) is 19.9 Å². The second-order valence-corrected chi connectivity index (χ2v) is 11.4. The van der Waals surface area contributed by atoms with Gasteiger partial charge < -0.3 is 14.7 Å². The Bertz CT molecular complexity index is 1990. The molecule has 0 spiro atoms. The standard InChI is InChI=1S/C29H20IN7O2/c38-26(8-17-4-2-1-3-5-17)33-20-9-19(12-31-13-20)23-10-21-24(11-30-23)36-37-28(21)29-34-25-15-32-14-22(27(25)35-29)18-6-7-39-16-18/h1-7,9-16H,8H2,(H,33,38)(H,34,35)(H,36,37). The van der Waals surface area contributed by atoms with Gasteiger partial charge in [0.2, 0.25) is 5.91 Å². The topological polar surface area (TPSA) is 125 Å². The van der Waals surface area contributed by atoms with E-state index in [2.05, 4.69) is 40.6 Å². The summed E-state index contributed by atoms with van der Waals surface area (Å²) in [5.41, 5.74) is 6.78. The number of nitrogens with one attached hydrogen (secondary N) is 3. The van der Waals surface area contributed by atoms with Gasteiger partial charge in [-0.2, -0.15) is 5.10 Å². The number of amides is 1. The normalized spacial score (nSPS) is 12.6. The molecule has 1 aliphatic heterocycles. The van der Waals surface area contributed by atoms with Crippen molar-refractivity contribution in [2.75, 3.05) is 5.32 Å². The van der Waals surface area contributed by atoms with Crippen LogP contribution in [-0.2, 0) is 11.2 Å². The highest BCUT2D eigenvalue weighted by atomic mass is 127. The first kappa shape index (κ1) is 23.4. The number of hydrogen-bond acceptors (Lipinski definition) is 6. The number of nitrogens with zero attached hydrogens (tertiary/aromatic N) is 4. The molecule has 3 N–H and O–H groups in total. The highest BCUT2D eigenvalue weighted by Gasteiger charge is 2.16. The molecule has 1 aliphatic rings. The maximum atomic E-state index is 12.6. The lowest BCUT2D eigenvalue weighted by atomic mass is 10.1. The summed E-state index contributed by atoms with van der Waals surface area (Å²) in [6.45, 7) is 0. The molecule has 0 radical (unpaired) electrons. The molecule has 6 heterocycles. The van der Waals surface area contributed by atoms with Crippen LogP contribution in [0.5, 0.6) is 0 Å². The number of carbonyl (C=O) groups excluding carboxylic acids is 1. The van der Waals surface area contributed by atoms with Gasteiger partial charge in [-0.05, 0) is 27.9 Å². The second-order valence-electron chi connectivity index (χ2n) is 8.96. The number of carbonyl (C=O) groups is 1. The van der Waals surface area contributed by atoms with Crippen molar-refractivity contribution in [1.29, 1.82) is 0 Å². The molecule has 190 valence electrons. The van der Waals surface area contributed by atoms with Crippen LogP contribution in [-0.4, -0.2) is 39.5 Å². The fourth-order valence-electron chi connectivity index (χ4n) is 4.49. The third-order valence-corrected chi connectivity index (χ3v) is 8.88. The van der Waals surface area contributed by atoms with Crippen LogP contribution in [0.2, 0.25) is 0 Å². The molecule has 0 aliphatic carbocycles. The quantitative estimate of drug-likeness (QED) is 0.241. The van der Waals surface area contributed by atoms with E-state index in [-0.39, 0.29) is 5.91 Å². The number of fused-ring (bicyclic) bond motifs is 2. The number of benzene rings is 1. The van der Waals surface area contributed by atoms with Gasteiger partial charge in [0.15, 0.2) is 5.82 Å². The maximum absolute atomic E-state index is 12.6. The summed E-state index contributed by atoms with van der Waals surface area (Å²) >= 11 is -0.439. The van der Waals surface area contributed by atoms with Crippen molar-refractivity contribution in [3.8, 4) is 22.6 Å². The van der Waals surface area contributed by atoms with E-state index >= 15 is 0 Å². The van der Waals surface area contributed by atoms with Gasteiger partial charge in [0.25, 0.3) is 0 Å². The molecule has 0 saturated carbocycles. The zero-order chi connectivity index (χ0) is 26.2. The number of anilines is 1. The van der Waals surface area contributed by atoms with E-state index in [9.17, 15) is 4.79 Å². The van der Waals surface area contributed by atoms with E-state index in [0.29, 0.717) is 17.9 Å². The van der Waals surface area contributed by atoms with Crippen molar-refractivity contribution in [2.45, 2.75) is 6.42 Å². The van der Waals surface area contributed by atoms with E-state index in [1.54, 1.807) is 31.1 Å². The summed E-state index contributed by atoms with van der Waals surface area (Å²) in [6, 6.07) is 13.5. The largest absolute Gasteiger partial charge is 0.472 e. The molecule has 1 amide bonds. The molecule has 39 heavy (non-hydrogen) atoms. The Hall–Kier alpha value is -4.71. The predicted octanol–water partition coefficient (Wildman–Crippen LogP) is 3.91. The van der Waals surface area contributed by atoms with Crippen molar-refractivity contribution >= 4 is 57.0 Å². The Labute approximate surface area is 231 Å². The predicted molar refractivity (Wildman–Crippen MR) is 158 cm³/mol. The Morgan fingerprint density at radius 3 is 2.79 bits per heavy atom. The smallest absolute Gasteiger partial charge is 0.228 e. The fraction of sp³-hybridized carbons (Fsp3) is 0.0345. The Balaban J connectivity index is 1.20. The average molecular weight is 625 g/mol. The summed E-state index contributed by atoms with van der Waals surface area (Å²) < 4.78 is 8.64. The highest BCUT2D eigenvalue weighted by Crippen LogP contribution is 2.28. The minimum Gasteiger partial charge on any atom is -0.472 e. The zero-order valence-corrected chi connectivity index (χ0v) is 22.5. The summed E-state index contributed by atoms with van der Waals surface area (Å²) in [4.78, 5) is 29.6. The third kappa shape index (κ3) is 4.59. The molecule has 0 atom stereocenters. The molecule has 0 fully saturated rings. The monoisotopic (exact) mass is 625 g/mol. The van der Waals surface area contributed by atoms with Crippen LogP contribution in [0.3, 0.4) is 0 Å². The van der Waals surface area contributed by atoms with Gasteiger partial charge in [-0.1, -0.05) is 51.1 Å². The van der Waals surface area contributed by atoms with Crippen molar-refractivity contribution in [1.82, 2.24) is 30.1 Å². The Morgan fingerprint density at radius 2 is 1.92 bits per heavy atom. The molecular formula is C29H20IN7O2. The van der Waals surface area contributed by atoms with Gasteiger partial charge in [0.05, 0.1) is 47.9 Å². The van der Waals surface area contributed by atoms with Crippen LogP contribution in [0.1, 0.15) is 11.1 Å². The van der Waals surface area contributed by atoms with Crippen LogP contribution in [0.15, 0.2) is 84.2 Å². The third-order valence-electron chi connectivity index (χ3n) is 6.34.